The fourth-order valence-electron chi connectivity index (χ4n) is 4.28. The summed E-state index contributed by atoms with van der Waals surface area (Å²) in [5.74, 6) is 1.47. The zero-order chi connectivity index (χ0) is 22.4. The SMILES string of the molecule is CCn1ncc2c1-c1cnc(N)c(c1)OC(C)c1cc(C)ccc1-n1nc(OC)cc1C2. The molecule has 164 valence electrons. The van der Waals surface area contributed by atoms with E-state index in [1.54, 1.807) is 13.3 Å². The Bertz CT molecular complexity index is 1310. The van der Waals surface area contributed by atoms with E-state index in [0.717, 1.165) is 45.9 Å². The molecule has 4 aromatic rings. The molecular formula is C24H26N6O2. The maximum atomic E-state index is 6.36. The molecule has 8 heteroatoms. The second-order valence-electron chi connectivity index (χ2n) is 8.03. The van der Waals surface area contributed by atoms with Gasteiger partial charge in [-0.25, -0.2) is 9.67 Å². The third-order valence-corrected chi connectivity index (χ3v) is 5.86. The number of aryl methyl sites for hydroxylation is 2. The van der Waals surface area contributed by atoms with Crippen molar-refractivity contribution in [2.24, 2.45) is 0 Å². The van der Waals surface area contributed by atoms with Crippen LogP contribution in [0.2, 0.25) is 0 Å². The Morgan fingerprint density at radius 2 is 2.06 bits per heavy atom. The van der Waals surface area contributed by atoms with E-state index in [0.29, 0.717) is 23.9 Å². The predicted octanol–water partition coefficient (Wildman–Crippen LogP) is 4.09. The number of nitrogens with zero attached hydrogens (tertiary/aromatic N) is 5. The molecule has 1 unspecified atom stereocenters. The number of hydrogen-bond donors (Lipinski definition) is 1. The third-order valence-electron chi connectivity index (χ3n) is 5.86. The van der Waals surface area contributed by atoms with Crippen molar-refractivity contribution < 1.29 is 9.47 Å². The number of anilines is 1. The molecule has 1 atom stereocenters. The molecule has 0 saturated carbocycles. The zero-order valence-electron chi connectivity index (χ0n) is 18.7. The number of fused-ring (bicyclic) bond motifs is 7. The first-order valence-corrected chi connectivity index (χ1v) is 10.7. The van der Waals surface area contributed by atoms with Crippen LogP contribution in [0.4, 0.5) is 5.82 Å². The van der Waals surface area contributed by atoms with E-state index in [-0.39, 0.29) is 6.10 Å². The van der Waals surface area contributed by atoms with E-state index >= 15 is 0 Å². The summed E-state index contributed by atoms with van der Waals surface area (Å²) in [6, 6.07) is 10.2. The Morgan fingerprint density at radius 3 is 2.84 bits per heavy atom. The van der Waals surface area contributed by atoms with Gasteiger partial charge in [-0.15, -0.1) is 5.10 Å². The number of nitrogen functional groups attached to an aromatic ring is 1. The lowest BCUT2D eigenvalue weighted by Gasteiger charge is -2.22. The molecule has 32 heavy (non-hydrogen) atoms. The molecule has 0 spiro atoms. The Morgan fingerprint density at radius 1 is 1.22 bits per heavy atom. The predicted molar refractivity (Wildman–Crippen MR) is 122 cm³/mol. The largest absolute Gasteiger partial charge is 0.482 e. The highest BCUT2D eigenvalue weighted by molar-refractivity contribution is 5.68. The summed E-state index contributed by atoms with van der Waals surface area (Å²) in [4.78, 5) is 4.43. The van der Waals surface area contributed by atoms with Gasteiger partial charge in [0.15, 0.2) is 11.6 Å². The Hall–Kier alpha value is -3.81. The van der Waals surface area contributed by atoms with Gasteiger partial charge in [0.2, 0.25) is 5.88 Å². The van der Waals surface area contributed by atoms with E-state index in [1.165, 1.54) is 0 Å². The molecule has 1 aliphatic heterocycles. The lowest BCUT2D eigenvalue weighted by Crippen LogP contribution is -2.13. The van der Waals surface area contributed by atoms with Gasteiger partial charge < -0.3 is 15.2 Å². The molecule has 8 nitrogen and oxygen atoms in total. The van der Waals surface area contributed by atoms with Gasteiger partial charge >= 0.3 is 0 Å². The standard InChI is InChI=1S/C24H26N6O2/c1-5-29-23-16(13-27-29)9-18-11-22(31-4)28-30(18)20-7-6-14(2)8-19(20)15(3)32-21-10-17(23)12-26-24(21)25/h6-8,10-13,15H,5,9H2,1-4H3,(H2,25,26). The number of rotatable bonds is 2. The maximum absolute atomic E-state index is 6.36. The van der Waals surface area contributed by atoms with Gasteiger partial charge in [0, 0.05) is 41.9 Å². The van der Waals surface area contributed by atoms with Crippen molar-refractivity contribution >= 4 is 5.82 Å². The number of ether oxygens (including phenoxy) is 2. The quantitative estimate of drug-likeness (QED) is 0.515. The summed E-state index contributed by atoms with van der Waals surface area (Å²) in [6.45, 7) is 6.88. The summed E-state index contributed by atoms with van der Waals surface area (Å²) < 4.78 is 15.8. The van der Waals surface area contributed by atoms with Gasteiger partial charge in [-0.3, -0.25) is 4.68 Å². The van der Waals surface area contributed by atoms with Crippen molar-refractivity contribution in [1.29, 1.82) is 0 Å². The maximum Gasteiger partial charge on any atom is 0.233 e. The van der Waals surface area contributed by atoms with E-state index in [4.69, 9.17) is 20.3 Å². The topological polar surface area (TPSA) is 93.0 Å². The van der Waals surface area contributed by atoms with Crippen LogP contribution in [-0.4, -0.2) is 31.7 Å². The van der Waals surface area contributed by atoms with Gasteiger partial charge in [0.1, 0.15) is 6.10 Å². The highest BCUT2D eigenvalue weighted by Gasteiger charge is 2.23. The molecule has 3 aromatic heterocycles. The minimum atomic E-state index is -0.276. The van der Waals surface area contributed by atoms with Crippen LogP contribution in [0.5, 0.6) is 11.6 Å². The lowest BCUT2D eigenvalue weighted by molar-refractivity contribution is 0.227. The van der Waals surface area contributed by atoms with Crippen LogP contribution in [0, 0.1) is 6.92 Å². The lowest BCUT2D eigenvalue weighted by atomic mass is 10.0. The van der Waals surface area contributed by atoms with Crippen LogP contribution >= 0.6 is 0 Å². The summed E-state index contributed by atoms with van der Waals surface area (Å²) in [6.07, 6.45) is 4.04. The molecule has 0 radical (unpaired) electrons. The second-order valence-corrected chi connectivity index (χ2v) is 8.03. The van der Waals surface area contributed by atoms with Gasteiger partial charge in [0.05, 0.1) is 30.4 Å². The second kappa shape index (κ2) is 7.71. The van der Waals surface area contributed by atoms with Crippen LogP contribution in [0.15, 0.2) is 42.7 Å². The van der Waals surface area contributed by atoms with E-state index < -0.39 is 0 Å². The van der Waals surface area contributed by atoms with Gasteiger partial charge in [0.25, 0.3) is 0 Å². The zero-order valence-corrected chi connectivity index (χ0v) is 18.7. The monoisotopic (exact) mass is 430 g/mol. The van der Waals surface area contributed by atoms with Crippen LogP contribution in [-0.2, 0) is 13.0 Å². The average molecular weight is 431 g/mol. The van der Waals surface area contributed by atoms with Crippen molar-refractivity contribution in [2.45, 2.75) is 39.8 Å². The molecule has 1 aromatic carbocycles. The molecule has 0 fully saturated rings. The van der Waals surface area contributed by atoms with Crippen molar-refractivity contribution in [1.82, 2.24) is 24.5 Å². The number of nitrogens with two attached hydrogens (primary N) is 1. The van der Waals surface area contributed by atoms with Crippen LogP contribution < -0.4 is 15.2 Å². The summed E-state index contributed by atoms with van der Waals surface area (Å²) in [7, 11) is 1.63. The Balaban J connectivity index is 1.81. The number of pyridine rings is 1. The first kappa shape index (κ1) is 20.1. The van der Waals surface area contributed by atoms with Crippen LogP contribution in [0.3, 0.4) is 0 Å². The highest BCUT2D eigenvalue weighted by atomic mass is 16.5. The van der Waals surface area contributed by atoms with Crippen molar-refractivity contribution in [3.05, 3.63) is 65.1 Å². The highest BCUT2D eigenvalue weighted by Crippen LogP contribution is 2.36. The normalized spacial score (nSPS) is 14.9. The number of benzene rings is 1. The Kier molecular flexibility index (Phi) is 4.84. The summed E-state index contributed by atoms with van der Waals surface area (Å²) >= 11 is 0. The van der Waals surface area contributed by atoms with Crippen molar-refractivity contribution in [2.75, 3.05) is 12.8 Å². The number of aromatic nitrogens is 5. The molecule has 2 bridgehead atoms. The molecule has 0 saturated heterocycles. The van der Waals surface area contributed by atoms with E-state index in [2.05, 4.69) is 42.1 Å². The van der Waals surface area contributed by atoms with Gasteiger partial charge in [-0.2, -0.15) is 5.10 Å². The molecule has 1 aliphatic rings. The molecule has 5 rings (SSSR count). The molecular weight excluding hydrogens is 404 g/mol. The smallest absolute Gasteiger partial charge is 0.233 e. The van der Waals surface area contributed by atoms with Crippen LogP contribution in [0.25, 0.3) is 16.9 Å². The summed E-state index contributed by atoms with van der Waals surface area (Å²) in [5, 5.41) is 9.33. The van der Waals surface area contributed by atoms with E-state index in [9.17, 15) is 0 Å². The fraction of sp³-hybridized carbons (Fsp3) is 0.292. The van der Waals surface area contributed by atoms with Crippen molar-refractivity contribution in [3.63, 3.8) is 0 Å². The minimum absolute atomic E-state index is 0.276. The fourth-order valence-corrected chi connectivity index (χ4v) is 4.28. The summed E-state index contributed by atoms with van der Waals surface area (Å²) in [5.41, 5.74) is 13.3. The van der Waals surface area contributed by atoms with Gasteiger partial charge in [-0.1, -0.05) is 17.7 Å². The Labute approximate surface area is 186 Å². The first-order chi connectivity index (χ1) is 15.5. The van der Waals surface area contributed by atoms with E-state index in [1.807, 2.05) is 34.6 Å². The molecule has 0 amide bonds. The molecule has 2 N–H and O–H groups in total. The number of methoxy groups -OCH3 is 1. The van der Waals surface area contributed by atoms with Crippen molar-refractivity contribution in [3.8, 4) is 28.6 Å². The van der Waals surface area contributed by atoms with Gasteiger partial charge in [-0.05, 0) is 32.9 Å². The number of hydrogen-bond acceptors (Lipinski definition) is 6. The molecule has 0 aliphatic carbocycles. The van der Waals surface area contributed by atoms with Crippen LogP contribution in [0.1, 0.15) is 42.3 Å². The average Bonchev–Trinajstić information content (AvgIpc) is 3.38. The first-order valence-electron chi connectivity index (χ1n) is 10.7. The third kappa shape index (κ3) is 3.28. The minimum Gasteiger partial charge on any atom is -0.482 e. The molecule has 4 heterocycles.